The van der Waals surface area contributed by atoms with E-state index in [0.717, 1.165) is 71.9 Å². The van der Waals surface area contributed by atoms with Crippen LogP contribution in [-0.4, -0.2) is 39.4 Å². The van der Waals surface area contributed by atoms with Crippen molar-refractivity contribution in [2.75, 3.05) is 24.6 Å². The predicted octanol–water partition coefficient (Wildman–Crippen LogP) is 4.97. The molecule has 4 aromatic rings. The van der Waals surface area contributed by atoms with Crippen LogP contribution in [0.5, 0.6) is 0 Å². The van der Waals surface area contributed by atoms with Gasteiger partial charge in [0.1, 0.15) is 5.82 Å². The highest BCUT2D eigenvalue weighted by molar-refractivity contribution is 5.82. The molecule has 1 aliphatic heterocycles. The van der Waals surface area contributed by atoms with Crippen molar-refractivity contribution < 1.29 is 5.11 Å². The Balaban J connectivity index is 1.66. The smallest absolute Gasteiger partial charge is 0.166 e. The number of hydrogen-bond donors (Lipinski definition) is 1. The van der Waals surface area contributed by atoms with Crippen LogP contribution in [0.4, 0.5) is 5.82 Å². The molecule has 0 unspecified atom stereocenters. The number of piperidine rings is 1. The van der Waals surface area contributed by atoms with E-state index in [1.54, 1.807) is 0 Å². The summed E-state index contributed by atoms with van der Waals surface area (Å²) in [6, 6.07) is 23.0. The standard InChI is InChI=1S/C26H28N4O/c1-19-25(22-10-6-3-7-11-22)26-27-23(21-8-4-2-5-9-21)18-24(30(26)28-19)29-15-12-20(13-16-29)14-17-31/h2-11,18,20,31H,12-17H2,1H3. The number of benzene rings is 2. The minimum atomic E-state index is 0.279. The summed E-state index contributed by atoms with van der Waals surface area (Å²) in [6.45, 7) is 4.28. The number of nitrogens with zero attached hydrogens (tertiary/aromatic N) is 4. The number of aryl methyl sites for hydroxylation is 1. The van der Waals surface area contributed by atoms with Gasteiger partial charge in [0.05, 0.1) is 11.4 Å². The Bertz CT molecular complexity index is 1160. The number of aliphatic hydroxyl groups is 1. The van der Waals surface area contributed by atoms with Gasteiger partial charge in [-0.3, -0.25) is 0 Å². The molecule has 0 aliphatic carbocycles. The number of anilines is 1. The molecule has 5 rings (SSSR count). The van der Waals surface area contributed by atoms with Crippen molar-refractivity contribution in [2.24, 2.45) is 5.92 Å². The van der Waals surface area contributed by atoms with Crippen LogP contribution in [0.3, 0.4) is 0 Å². The zero-order chi connectivity index (χ0) is 21.2. The maximum Gasteiger partial charge on any atom is 0.166 e. The summed E-state index contributed by atoms with van der Waals surface area (Å²) in [5, 5.41) is 14.2. The predicted molar refractivity (Wildman–Crippen MR) is 125 cm³/mol. The monoisotopic (exact) mass is 412 g/mol. The van der Waals surface area contributed by atoms with E-state index in [9.17, 15) is 5.11 Å². The fourth-order valence-corrected chi connectivity index (χ4v) is 4.67. The normalized spacial score (nSPS) is 15.0. The average molecular weight is 413 g/mol. The van der Waals surface area contributed by atoms with Gasteiger partial charge >= 0.3 is 0 Å². The molecule has 0 saturated carbocycles. The molecule has 2 aromatic carbocycles. The summed E-state index contributed by atoms with van der Waals surface area (Å²) in [5.41, 5.74) is 6.20. The molecule has 1 N–H and O–H groups in total. The summed E-state index contributed by atoms with van der Waals surface area (Å²) < 4.78 is 2.02. The highest BCUT2D eigenvalue weighted by Gasteiger charge is 2.24. The molecule has 31 heavy (non-hydrogen) atoms. The second-order valence-electron chi connectivity index (χ2n) is 8.37. The van der Waals surface area contributed by atoms with E-state index in [2.05, 4.69) is 66.4 Å². The largest absolute Gasteiger partial charge is 0.396 e. The summed E-state index contributed by atoms with van der Waals surface area (Å²) in [7, 11) is 0. The molecule has 158 valence electrons. The Kier molecular flexibility index (Phi) is 5.43. The van der Waals surface area contributed by atoms with Gasteiger partial charge in [-0.05, 0) is 37.7 Å². The van der Waals surface area contributed by atoms with Crippen molar-refractivity contribution in [3.05, 3.63) is 72.4 Å². The van der Waals surface area contributed by atoms with Crippen LogP contribution in [0.1, 0.15) is 25.0 Å². The molecule has 1 aliphatic rings. The van der Waals surface area contributed by atoms with E-state index in [0.29, 0.717) is 5.92 Å². The van der Waals surface area contributed by atoms with Crippen LogP contribution in [0.2, 0.25) is 0 Å². The third-order valence-electron chi connectivity index (χ3n) is 6.35. The van der Waals surface area contributed by atoms with E-state index < -0.39 is 0 Å². The number of aromatic nitrogens is 3. The molecule has 0 bridgehead atoms. The Labute approximate surface area is 183 Å². The van der Waals surface area contributed by atoms with Gasteiger partial charge in [0.25, 0.3) is 0 Å². The van der Waals surface area contributed by atoms with Crippen molar-refractivity contribution >= 4 is 11.5 Å². The summed E-state index contributed by atoms with van der Waals surface area (Å²) in [6.07, 6.45) is 3.08. The first-order valence-corrected chi connectivity index (χ1v) is 11.1. The molecule has 1 fully saturated rings. The first-order valence-electron chi connectivity index (χ1n) is 11.1. The molecule has 5 nitrogen and oxygen atoms in total. The molecule has 3 heterocycles. The van der Waals surface area contributed by atoms with E-state index in [4.69, 9.17) is 10.1 Å². The molecule has 1 saturated heterocycles. The highest BCUT2D eigenvalue weighted by Crippen LogP contribution is 2.34. The lowest BCUT2D eigenvalue weighted by molar-refractivity contribution is 0.240. The number of rotatable bonds is 5. The maximum absolute atomic E-state index is 9.31. The minimum absolute atomic E-state index is 0.279. The Hall–Kier alpha value is -3.18. The summed E-state index contributed by atoms with van der Waals surface area (Å²) in [5.74, 6) is 1.70. The van der Waals surface area contributed by atoms with Crippen molar-refractivity contribution in [3.8, 4) is 22.4 Å². The molecule has 0 atom stereocenters. The number of hydrogen-bond acceptors (Lipinski definition) is 4. The first kappa shape index (κ1) is 19.8. The van der Waals surface area contributed by atoms with Crippen LogP contribution >= 0.6 is 0 Å². The topological polar surface area (TPSA) is 53.7 Å². The third-order valence-corrected chi connectivity index (χ3v) is 6.35. The Morgan fingerprint density at radius 3 is 2.23 bits per heavy atom. The van der Waals surface area contributed by atoms with Crippen LogP contribution < -0.4 is 4.90 Å². The molecule has 2 aromatic heterocycles. The van der Waals surface area contributed by atoms with E-state index in [1.165, 1.54) is 0 Å². The van der Waals surface area contributed by atoms with Crippen LogP contribution in [-0.2, 0) is 0 Å². The van der Waals surface area contributed by atoms with E-state index in [1.807, 2.05) is 16.6 Å². The lowest BCUT2D eigenvalue weighted by atomic mass is 9.94. The van der Waals surface area contributed by atoms with Gasteiger partial charge in [0, 0.05) is 36.9 Å². The van der Waals surface area contributed by atoms with Gasteiger partial charge in [-0.1, -0.05) is 60.7 Å². The van der Waals surface area contributed by atoms with Crippen LogP contribution in [0.25, 0.3) is 28.0 Å². The molecule has 5 heteroatoms. The van der Waals surface area contributed by atoms with E-state index in [-0.39, 0.29) is 6.61 Å². The molecule has 0 spiro atoms. The SMILES string of the molecule is Cc1nn2c(N3CCC(CCO)CC3)cc(-c3ccccc3)nc2c1-c1ccccc1. The number of aliphatic hydroxyl groups excluding tert-OH is 1. The zero-order valence-corrected chi connectivity index (χ0v) is 17.9. The van der Waals surface area contributed by atoms with Crippen molar-refractivity contribution in [2.45, 2.75) is 26.2 Å². The fourth-order valence-electron chi connectivity index (χ4n) is 4.67. The molecule has 0 amide bonds. The Morgan fingerprint density at radius 2 is 1.58 bits per heavy atom. The maximum atomic E-state index is 9.31. The first-order chi connectivity index (χ1) is 15.2. The van der Waals surface area contributed by atoms with Gasteiger partial charge in [-0.25, -0.2) is 4.98 Å². The van der Waals surface area contributed by atoms with Gasteiger partial charge in [-0.15, -0.1) is 0 Å². The summed E-state index contributed by atoms with van der Waals surface area (Å²) >= 11 is 0. The fraction of sp³-hybridized carbons (Fsp3) is 0.308. The van der Waals surface area contributed by atoms with Crippen molar-refractivity contribution in [3.63, 3.8) is 0 Å². The van der Waals surface area contributed by atoms with Crippen LogP contribution in [0.15, 0.2) is 66.7 Å². The quantitative estimate of drug-likeness (QED) is 0.503. The minimum Gasteiger partial charge on any atom is -0.396 e. The van der Waals surface area contributed by atoms with E-state index >= 15 is 0 Å². The lowest BCUT2D eigenvalue weighted by Gasteiger charge is -2.33. The van der Waals surface area contributed by atoms with Crippen molar-refractivity contribution in [1.82, 2.24) is 14.6 Å². The highest BCUT2D eigenvalue weighted by atomic mass is 16.3. The van der Waals surface area contributed by atoms with Crippen LogP contribution in [0, 0.1) is 12.8 Å². The summed E-state index contributed by atoms with van der Waals surface area (Å²) in [4.78, 5) is 7.51. The number of fused-ring (bicyclic) bond motifs is 1. The van der Waals surface area contributed by atoms with Gasteiger partial charge in [0.15, 0.2) is 5.65 Å². The van der Waals surface area contributed by atoms with Gasteiger partial charge < -0.3 is 10.0 Å². The molecule has 0 radical (unpaired) electrons. The second-order valence-corrected chi connectivity index (χ2v) is 8.37. The third kappa shape index (κ3) is 3.81. The van der Waals surface area contributed by atoms with Gasteiger partial charge in [0.2, 0.25) is 0 Å². The molecular formula is C26H28N4O. The van der Waals surface area contributed by atoms with Crippen molar-refractivity contribution in [1.29, 1.82) is 0 Å². The zero-order valence-electron chi connectivity index (χ0n) is 17.9. The Morgan fingerprint density at radius 1 is 0.935 bits per heavy atom. The van der Waals surface area contributed by atoms with Gasteiger partial charge in [-0.2, -0.15) is 9.61 Å². The lowest BCUT2D eigenvalue weighted by Crippen LogP contribution is -2.35. The average Bonchev–Trinajstić information content (AvgIpc) is 3.16. The second kappa shape index (κ2) is 8.52. The molecular weight excluding hydrogens is 384 g/mol.